The van der Waals surface area contributed by atoms with Gasteiger partial charge in [-0.2, -0.15) is 4.98 Å². The highest BCUT2D eigenvalue weighted by atomic mass is 32.2. The zero-order chi connectivity index (χ0) is 15.1. The molecule has 0 amide bonds. The van der Waals surface area contributed by atoms with E-state index in [1.165, 1.54) is 10.5 Å². The first-order valence-electron chi connectivity index (χ1n) is 7.42. The summed E-state index contributed by atoms with van der Waals surface area (Å²) >= 11 is 1.75. The van der Waals surface area contributed by atoms with Gasteiger partial charge in [0, 0.05) is 17.4 Å². The van der Waals surface area contributed by atoms with Gasteiger partial charge in [-0.1, -0.05) is 30.3 Å². The minimum absolute atomic E-state index is 0.363. The number of rotatable bonds is 8. The summed E-state index contributed by atoms with van der Waals surface area (Å²) in [5.74, 6) is 2.22. The van der Waals surface area contributed by atoms with Gasteiger partial charge in [-0.15, -0.1) is 11.8 Å². The molecule has 0 fully saturated rings. The number of nitrogens with zero attached hydrogens (tertiary/aromatic N) is 2. The highest BCUT2D eigenvalue weighted by molar-refractivity contribution is 7.98. The predicted octanol–water partition coefficient (Wildman–Crippen LogP) is 3.60. The molecule has 1 aromatic carbocycles. The Morgan fingerprint density at radius 1 is 1.33 bits per heavy atom. The van der Waals surface area contributed by atoms with Crippen LogP contribution in [0.5, 0.6) is 0 Å². The molecule has 1 aromatic heterocycles. The number of thioether (sulfide) groups is 1. The molecular formula is C16H23N3OS. The van der Waals surface area contributed by atoms with Crippen molar-refractivity contribution >= 4 is 11.8 Å². The molecule has 0 saturated carbocycles. The maximum absolute atomic E-state index is 5.32. The lowest BCUT2D eigenvalue weighted by Gasteiger charge is -2.09. The van der Waals surface area contributed by atoms with Crippen molar-refractivity contribution in [2.45, 2.75) is 50.3 Å². The molecule has 2 rings (SSSR count). The molecule has 1 atom stereocenters. The molecule has 21 heavy (non-hydrogen) atoms. The van der Waals surface area contributed by atoms with Crippen LogP contribution in [0.15, 0.2) is 33.7 Å². The third-order valence-electron chi connectivity index (χ3n) is 3.18. The summed E-state index contributed by atoms with van der Waals surface area (Å²) in [4.78, 5) is 5.73. The Kier molecular flexibility index (Phi) is 6.26. The van der Waals surface area contributed by atoms with E-state index < -0.39 is 0 Å². The van der Waals surface area contributed by atoms with Crippen LogP contribution in [0.25, 0.3) is 0 Å². The first-order chi connectivity index (χ1) is 10.2. The summed E-state index contributed by atoms with van der Waals surface area (Å²) in [6, 6.07) is 8.71. The van der Waals surface area contributed by atoms with Gasteiger partial charge in [0.2, 0.25) is 5.89 Å². The van der Waals surface area contributed by atoms with Crippen molar-refractivity contribution in [1.82, 2.24) is 15.5 Å². The van der Waals surface area contributed by atoms with Crippen LogP contribution >= 0.6 is 11.8 Å². The van der Waals surface area contributed by atoms with Gasteiger partial charge in [-0.05, 0) is 38.4 Å². The Morgan fingerprint density at radius 2 is 2.14 bits per heavy atom. The Bertz CT molecular complexity index is 556. The molecular weight excluding hydrogens is 282 g/mol. The topological polar surface area (TPSA) is 51.0 Å². The van der Waals surface area contributed by atoms with Crippen LogP contribution < -0.4 is 5.32 Å². The SMILES string of the molecule is CCCNC(C)Cc1nc(CSc2ccccc2C)no1. The van der Waals surface area contributed by atoms with Gasteiger partial charge in [-0.25, -0.2) is 0 Å². The molecule has 0 aliphatic heterocycles. The second-order valence-electron chi connectivity index (χ2n) is 5.22. The van der Waals surface area contributed by atoms with Crippen molar-refractivity contribution < 1.29 is 4.52 Å². The second kappa shape index (κ2) is 8.20. The normalized spacial score (nSPS) is 12.5. The first-order valence-corrected chi connectivity index (χ1v) is 8.41. The molecule has 0 aliphatic carbocycles. The van der Waals surface area contributed by atoms with Crippen molar-refractivity contribution in [3.63, 3.8) is 0 Å². The first kappa shape index (κ1) is 16.0. The fourth-order valence-electron chi connectivity index (χ4n) is 2.02. The fourth-order valence-corrected chi connectivity index (χ4v) is 2.89. The fraction of sp³-hybridized carbons (Fsp3) is 0.500. The van der Waals surface area contributed by atoms with Crippen LogP contribution in [0.2, 0.25) is 0 Å². The van der Waals surface area contributed by atoms with Crippen molar-refractivity contribution in [2.75, 3.05) is 6.54 Å². The van der Waals surface area contributed by atoms with E-state index in [-0.39, 0.29) is 0 Å². The van der Waals surface area contributed by atoms with E-state index in [1.807, 2.05) is 0 Å². The average molecular weight is 305 g/mol. The lowest BCUT2D eigenvalue weighted by atomic mass is 10.2. The summed E-state index contributed by atoms with van der Waals surface area (Å²) in [5.41, 5.74) is 1.28. The van der Waals surface area contributed by atoms with Crippen LogP contribution in [0.3, 0.4) is 0 Å². The molecule has 1 unspecified atom stereocenters. The third-order valence-corrected chi connectivity index (χ3v) is 4.36. The minimum atomic E-state index is 0.363. The van der Waals surface area contributed by atoms with Crippen molar-refractivity contribution in [1.29, 1.82) is 0 Å². The van der Waals surface area contributed by atoms with Crippen LogP contribution in [-0.4, -0.2) is 22.7 Å². The van der Waals surface area contributed by atoms with E-state index in [0.717, 1.165) is 31.0 Å². The van der Waals surface area contributed by atoms with E-state index >= 15 is 0 Å². The number of benzene rings is 1. The Morgan fingerprint density at radius 3 is 2.90 bits per heavy atom. The zero-order valence-electron chi connectivity index (χ0n) is 12.9. The number of hydrogen-bond acceptors (Lipinski definition) is 5. The maximum Gasteiger partial charge on any atom is 0.228 e. The largest absolute Gasteiger partial charge is 0.339 e. The average Bonchev–Trinajstić information content (AvgIpc) is 2.92. The molecule has 4 nitrogen and oxygen atoms in total. The Labute approximate surface area is 130 Å². The maximum atomic E-state index is 5.32. The van der Waals surface area contributed by atoms with Gasteiger partial charge >= 0.3 is 0 Å². The van der Waals surface area contributed by atoms with Gasteiger partial charge in [0.15, 0.2) is 5.82 Å². The molecule has 0 spiro atoms. The Balaban J connectivity index is 1.84. The molecule has 1 N–H and O–H groups in total. The highest BCUT2D eigenvalue weighted by Gasteiger charge is 2.11. The quantitative estimate of drug-likeness (QED) is 0.755. The zero-order valence-corrected chi connectivity index (χ0v) is 13.7. The summed E-state index contributed by atoms with van der Waals surface area (Å²) < 4.78 is 5.32. The number of hydrogen-bond donors (Lipinski definition) is 1. The van der Waals surface area contributed by atoms with E-state index in [2.05, 4.69) is 60.5 Å². The van der Waals surface area contributed by atoms with Crippen LogP contribution in [0.4, 0.5) is 0 Å². The lowest BCUT2D eigenvalue weighted by Crippen LogP contribution is -2.28. The molecule has 0 saturated heterocycles. The van der Waals surface area contributed by atoms with Gasteiger partial charge in [0.05, 0.1) is 5.75 Å². The molecule has 1 heterocycles. The smallest absolute Gasteiger partial charge is 0.228 e. The van der Waals surface area contributed by atoms with E-state index in [9.17, 15) is 0 Å². The number of aryl methyl sites for hydroxylation is 1. The molecule has 0 radical (unpaired) electrons. The summed E-state index contributed by atoms with van der Waals surface area (Å²) in [7, 11) is 0. The monoisotopic (exact) mass is 305 g/mol. The van der Waals surface area contributed by atoms with Crippen molar-refractivity contribution in [3.05, 3.63) is 41.5 Å². The standard InChI is InChI=1S/C16H23N3OS/c1-4-9-17-13(3)10-16-18-15(19-20-16)11-21-14-8-6-5-7-12(14)2/h5-8,13,17H,4,9-11H2,1-3H3. The molecule has 0 aliphatic rings. The summed E-state index contributed by atoms with van der Waals surface area (Å²) in [6.07, 6.45) is 1.91. The van der Waals surface area contributed by atoms with Gasteiger partial charge < -0.3 is 9.84 Å². The van der Waals surface area contributed by atoms with E-state index in [1.54, 1.807) is 11.8 Å². The van der Waals surface area contributed by atoms with E-state index in [0.29, 0.717) is 11.9 Å². The summed E-state index contributed by atoms with van der Waals surface area (Å²) in [5, 5.41) is 7.48. The van der Waals surface area contributed by atoms with E-state index in [4.69, 9.17) is 4.52 Å². The summed E-state index contributed by atoms with van der Waals surface area (Å²) in [6.45, 7) is 7.44. The van der Waals surface area contributed by atoms with Crippen molar-refractivity contribution in [2.24, 2.45) is 0 Å². The Hall–Kier alpha value is -1.33. The van der Waals surface area contributed by atoms with Crippen LogP contribution in [0, 0.1) is 6.92 Å². The number of nitrogens with one attached hydrogen (secondary N) is 1. The van der Waals surface area contributed by atoms with Crippen molar-refractivity contribution in [3.8, 4) is 0 Å². The van der Waals surface area contributed by atoms with Gasteiger partial charge in [-0.3, -0.25) is 0 Å². The third kappa shape index (κ3) is 5.17. The number of aromatic nitrogens is 2. The van der Waals surface area contributed by atoms with Crippen LogP contribution in [0.1, 0.15) is 37.5 Å². The molecule has 5 heteroatoms. The van der Waals surface area contributed by atoms with Crippen LogP contribution in [-0.2, 0) is 12.2 Å². The predicted molar refractivity (Wildman–Crippen MR) is 86.5 cm³/mol. The molecule has 114 valence electrons. The lowest BCUT2D eigenvalue weighted by molar-refractivity contribution is 0.358. The van der Waals surface area contributed by atoms with Gasteiger partial charge in [0.1, 0.15) is 0 Å². The van der Waals surface area contributed by atoms with Gasteiger partial charge in [0.25, 0.3) is 0 Å². The molecule has 2 aromatic rings. The minimum Gasteiger partial charge on any atom is -0.339 e. The highest BCUT2D eigenvalue weighted by Crippen LogP contribution is 2.24. The molecule has 0 bridgehead atoms. The second-order valence-corrected chi connectivity index (χ2v) is 6.23.